The molecule has 2 aliphatic heterocycles. The van der Waals surface area contributed by atoms with Crippen molar-refractivity contribution in [2.24, 2.45) is 0 Å². The lowest BCUT2D eigenvalue weighted by atomic mass is 9.96. The Hall–Kier alpha value is -0.250. The zero-order chi connectivity index (χ0) is 26.9. The van der Waals surface area contributed by atoms with Crippen molar-refractivity contribution in [2.75, 3.05) is 11.5 Å². The molecule has 8 heteroatoms. The Kier molecular flexibility index (Phi) is 16.9. The van der Waals surface area contributed by atoms with E-state index >= 15 is 0 Å². The van der Waals surface area contributed by atoms with Gasteiger partial charge < -0.3 is 25.2 Å². The predicted octanol–water partition coefficient (Wildman–Crippen LogP) is 5.74. The molecule has 0 aromatic carbocycles. The molecule has 0 unspecified atom stereocenters. The van der Waals surface area contributed by atoms with Crippen LogP contribution in [0.5, 0.6) is 0 Å². The first kappa shape index (κ1) is 33.0. The fourth-order valence-corrected chi connectivity index (χ4v) is 8.82. The van der Waals surface area contributed by atoms with Gasteiger partial charge in [0.15, 0.2) is 0 Å². The van der Waals surface area contributed by atoms with Gasteiger partial charge in [0.1, 0.15) is 12.2 Å². The lowest BCUT2D eigenvalue weighted by Gasteiger charge is -2.41. The highest BCUT2D eigenvalue weighted by Gasteiger charge is 2.41. The zero-order valence-electron chi connectivity index (χ0n) is 22.9. The minimum absolute atomic E-state index is 0.213. The first-order valence-electron chi connectivity index (χ1n) is 14.7. The summed E-state index contributed by atoms with van der Waals surface area (Å²) in [5.74, 6) is 1.46. The number of carbonyl (C=O) groups excluding carboxylic acids is 1. The van der Waals surface area contributed by atoms with Crippen LogP contribution in [-0.4, -0.2) is 72.5 Å². The molecule has 37 heavy (non-hydrogen) atoms. The first-order valence-corrected chi connectivity index (χ1v) is 16.7. The van der Waals surface area contributed by atoms with Crippen molar-refractivity contribution in [1.82, 2.24) is 0 Å². The van der Waals surface area contributed by atoms with E-state index in [0.717, 1.165) is 30.8 Å². The molecule has 4 N–H and O–H groups in total. The second-order valence-corrected chi connectivity index (χ2v) is 14.2. The molecule has 0 radical (unpaired) electrons. The molecular formula is C29H52O6S2. The Morgan fingerprint density at radius 1 is 0.892 bits per heavy atom. The van der Waals surface area contributed by atoms with E-state index in [1.54, 1.807) is 23.5 Å². The highest BCUT2D eigenvalue weighted by molar-refractivity contribution is 8.18. The van der Waals surface area contributed by atoms with E-state index in [4.69, 9.17) is 4.74 Å². The number of esters is 1. The van der Waals surface area contributed by atoms with Crippen molar-refractivity contribution in [1.29, 1.82) is 0 Å². The van der Waals surface area contributed by atoms with Crippen LogP contribution in [0.3, 0.4) is 0 Å². The number of hydrogen-bond acceptors (Lipinski definition) is 8. The van der Waals surface area contributed by atoms with Gasteiger partial charge in [0.05, 0.1) is 22.4 Å². The summed E-state index contributed by atoms with van der Waals surface area (Å²) in [7, 11) is 0. The number of cyclic esters (lactones) is 1. The summed E-state index contributed by atoms with van der Waals surface area (Å²) < 4.78 is 4.99. The third-order valence-electron chi connectivity index (χ3n) is 7.38. The summed E-state index contributed by atoms with van der Waals surface area (Å²) in [4.78, 5) is 11.7. The second-order valence-electron chi connectivity index (χ2n) is 11.0. The van der Waals surface area contributed by atoms with Gasteiger partial charge in [0.2, 0.25) is 0 Å². The SMILES string of the molecule is CCCCCCCCCCCCC[C@@H](O)C[C@@H](O)C[C@@H](O)CC1(C[C@H]2OC(=O)C=C[C@H]2O)SCCCS1. The van der Waals surface area contributed by atoms with Crippen molar-refractivity contribution in [3.63, 3.8) is 0 Å². The average Bonchev–Trinajstić information content (AvgIpc) is 2.85. The van der Waals surface area contributed by atoms with Crippen LogP contribution in [0.25, 0.3) is 0 Å². The van der Waals surface area contributed by atoms with E-state index in [1.165, 1.54) is 69.9 Å². The van der Waals surface area contributed by atoms with E-state index in [0.29, 0.717) is 19.3 Å². The molecule has 0 spiro atoms. The highest BCUT2D eigenvalue weighted by Crippen LogP contribution is 2.50. The normalized spacial score (nSPS) is 24.0. The predicted molar refractivity (Wildman–Crippen MR) is 155 cm³/mol. The number of hydrogen-bond donors (Lipinski definition) is 4. The van der Waals surface area contributed by atoms with E-state index in [2.05, 4.69) is 6.92 Å². The lowest BCUT2D eigenvalue weighted by molar-refractivity contribution is -0.150. The number of carbonyl (C=O) groups is 1. The maximum Gasteiger partial charge on any atom is 0.330 e. The van der Waals surface area contributed by atoms with Gasteiger partial charge in [-0.15, -0.1) is 23.5 Å². The van der Waals surface area contributed by atoms with E-state index in [-0.39, 0.29) is 16.9 Å². The zero-order valence-corrected chi connectivity index (χ0v) is 24.5. The Morgan fingerprint density at radius 3 is 2.08 bits per heavy atom. The summed E-state index contributed by atoms with van der Waals surface area (Å²) in [5, 5.41) is 42.0. The molecule has 0 amide bonds. The van der Waals surface area contributed by atoms with Gasteiger partial charge in [0, 0.05) is 12.5 Å². The van der Waals surface area contributed by atoms with Crippen molar-refractivity contribution >= 4 is 29.5 Å². The van der Waals surface area contributed by atoms with Gasteiger partial charge in [-0.05, 0) is 49.7 Å². The molecule has 2 aliphatic rings. The van der Waals surface area contributed by atoms with Crippen LogP contribution in [0.4, 0.5) is 0 Å². The Bertz CT molecular complexity index is 640. The largest absolute Gasteiger partial charge is 0.456 e. The molecule has 1 fully saturated rings. The molecule has 0 aromatic rings. The second kappa shape index (κ2) is 18.9. The molecule has 6 nitrogen and oxygen atoms in total. The maximum atomic E-state index is 11.7. The van der Waals surface area contributed by atoms with Crippen LogP contribution in [-0.2, 0) is 9.53 Å². The first-order chi connectivity index (χ1) is 17.8. The third kappa shape index (κ3) is 14.1. The fourth-order valence-electron chi connectivity index (χ4n) is 5.29. The van der Waals surface area contributed by atoms with Crippen LogP contribution in [0.15, 0.2) is 12.2 Å². The number of ether oxygens (including phenoxy) is 1. The van der Waals surface area contributed by atoms with Gasteiger partial charge in [-0.25, -0.2) is 4.79 Å². The maximum absolute atomic E-state index is 11.7. The molecule has 2 heterocycles. The van der Waals surface area contributed by atoms with E-state index < -0.39 is 36.5 Å². The van der Waals surface area contributed by atoms with Crippen molar-refractivity contribution < 1.29 is 30.0 Å². The van der Waals surface area contributed by atoms with Crippen LogP contribution in [0, 0.1) is 0 Å². The molecular weight excluding hydrogens is 508 g/mol. The van der Waals surface area contributed by atoms with Gasteiger partial charge in [-0.3, -0.25) is 0 Å². The van der Waals surface area contributed by atoms with Gasteiger partial charge in [0.25, 0.3) is 0 Å². The van der Waals surface area contributed by atoms with E-state index in [1.807, 2.05) is 0 Å². The molecule has 0 saturated carbocycles. The molecule has 216 valence electrons. The number of aliphatic hydroxyl groups excluding tert-OH is 4. The molecule has 5 atom stereocenters. The van der Waals surface area contributed by atoms with Gasteiger partial charge >= 0.3 is 5.97 Å². The summed E-state index contributed by atoms with van der Waals surface area (Å²) in [6, 6.07) is 0. The fraction of sp³-hybridized carbons (Fsp3) is 0.897. The molecule has 0 bridgehead atoms. The lowest BCUT2D eigenvalue weighted by Crippen LogP contribution is -2.42. The molecule has 0 aromatic heterocycles. The highest BCUT2D eigenvalue weighted by atomic mass is 32.2. The standard InChI is InChI=1S/C29H52O6S2/c1-2-3-4-5-6-7-8-9-10-11-12-14-23(30)19-24(31)20-25(32)21-29(36-17-13-18-37-29)22-27-26(33)15-16-28(34)35-27/h15-16,23-27,30-33H,2-14,17-22H2,1H3/t23-,24-,25-,26-,27-/m1/s1. The number of aliphatic hydroxyl groups is 4. The Labute approximate surface area is 233 Å². The third-order valence-corrected chi connectivity index (χ3v) is 10.8. The summed E-state index contributed by atoms with van der Waals surface area (Å²) in [6.45, 7) is 2.25. The van der Waals surface area contributed by atoms with Crippen LogP contribution < -0.4 is 0 Å². The monoisotopic (exact) mass is 560 g/mol. The molecule has 2 rings (SSSR count). The van der Waals surface area contributed by atoms with Gasteiger partial charge in [-0.1, -0.05) is 77.6 Å². The van der Waals surface area contributed by atoms with Crippen LogP contribution >= 0.6 is 23.5 Å². The minimum Gasteiger partial charge on any atom is -0.456 e. The van der Waals surface area contributed by atoms with Crippen molar-refractivity contribution in [2.45, 2.75) is 151 Å². The van der Waals surface area contributed by atoms with Crippen molar-refractivity contribution in [3.8, 4) is 0 Å². The quantitative estimate of drug-likeness (QED) is 0.110. The van der Waals surface area contributed by atoms with Crippen LogP contribution in [0.1, 0.15) is 116 Å². The van der Waals surface area contributed by atoms with E-state index in [9.17, 15) is 25.2 Å². The molecule has 1 saturated heterocycles. The summed E-state index contributed by atoms with van der Waals surface area (Å²) >= 11 is 3.49. The summed E-state index contributed by atoms with van der Waals surface area (Å²) in [6.07, 6.45) is 16.4. The van der Waals surface area contributed by atoms with Crippen molar-refractivity contribution in [3.05, 3.63) is 12.2 Å². The average molecular weight is 561 g/mol. The van der Waals surface area contributed by atoms with Crippen LogP contribution in [0.2, 0.25) is 0 Å². The number of thioether (sulfide) groups is 2. The minimum atomic E-state index is -0.842. The Morgan fingerprint density at radius 2 is 1.46 bits per heavy atom. The summed E-state index contributed by atoms with van der Waals surface area (Å²) in [5.41, 5.74) is 0. The smallest absolute Gasteiger partial charge is 0.330 e. The number of unbranched alkanes of at least 4 members (excludes halogenated alkanes) is 10. The topological polar surface area (TPSA) is 107 Å². The number of rotatable bonds is 20. The molecule has 0 aliphatic carbocycles. The van der Waals surface area contributed by atoms with Gasteiger partial charge in [-0.2, -0.15) is 0 Å². The Balaban J connectivity index is 1.62.